The number of imidazole rings is 1. The van der Waals surface area contributed by atoms with Crippen molar-refractivity contribution in [3.63, 3.8) is 0 Å². The molecule has 8 heteroatoms. The number of hydrogen-bond donors (Lipinski definition) is 1. The highest BCUT2D eigenvalue weighted by Gasteiger charge is 2.34. The second-order valence-electron chi connectivity index (χ2n) is 3.83. The normalized spacial score (nSPS) is 12.8. The standard InChI is InChI=1S/C11H9F3N2O2S/c1-2-5-19(17,18)7-3-4-8-9(6-7)16-10(15-8)11(12,13)14/h2-4,6H,1,5H2,(H,15,16). The molecular formula is C11H9F3N2O2S. The lowest BCUT2D eigenvalue weighted by Gasteiger charge is -2.00. The Morgan fingerprint density at radius 2 is 2.05 bits per heavy atom. The first-order chi connectivity index (χ1) is 8.74. The second-order valence-corrected chi connectivity index (χ2v) is 5.87. The van der Waals surface area contributed by atoms with Crippen molar-refractivity contribution in [2.24, 2.45) is 0 Å². The molecule has 0 spiro atoms. The van der Waals surface area contributed by atoms with Crippen LogP contribution in [0.3, 0.4) is 0 Å². The second kappa shape index (κ2) is 4.37. The smallest absolute Gasteiger partial charge is 0.334 e. The van der Waals surface area contributed by atoms with E-state index < -0.39 is 21.8 Å². The number of halogens is 3. The third-order valence-corrected chi connectivity index (χ3v) is 4.07. The lowest BCUT2D eigenvalue weighted by molar-refractivity contribution is -0.144. The minimum Gasteiger partial charge on any atom is -0.334 e. The Bertz CT molecular complexity index is 732. The number of nitrogens with zero attached hydrogens (tertiary/aromatic N) is 1. The van der Waals surface area contributed by atoms with Crippen LogP contribution in [0.15, 0.2) is 35.7 Å². The summed E-state index contributed by atoms with van der Waals surface area (Å²) in [5.74, 6) is -1.43. The lowest BCUT2D eigenvalue weighted by atomic mass is 10.3. The zero-order valence-corrected chi connectivity index (χ0v) is 10.3. The van der Waals surface area contributed by atoms with Gasteiger partial charge in [-0.3, -0.25) is 0 Å². The minimum absolute atomic E-state index is 0.0440. The van der Waals surface area contributed by atoms with E-state index in [0.29, 0.717) is 0 Å². The van der Waals surface area contributed by atoms with Gasteiger partial charge in [0.15, 0.2) is 9.84 Å². The van der Waals surface area contributed by atoms with Gasteiger partial charge in [0.05, 0.1) is 21.7 Å². The number of hydrogen-bond acceptors (Lipinski definition) is 3. The van der Waals surface area contributed by atoms with E-state index in [2.05, 4.69) is 16.5 Å². The molecule has 0 saturated carbocycles. The molecule has 4 nitrogen and oxygen atoms in total. The molecule has 1 N–H and O–H groups in total. The van der Waals surface area contributed by atoms with Gasteiger partial charge < -0.3 is 4.98 Å². The van der Waals surface area contributed by atoms with Crippen LogP contribution in [0.25, 0.3) is 11.0 Å². The van der Waals surface area contributed by atoms with E-state index >= 15 is 0 Å². The molecule has 0 amide bonds. The third kappa shape index (κ3) is 2.62. The molecule has 0 aliphatic carbocycles. The van der Waals surface area contributed by atoms with Crippen LogP contribution in [0.2, 0.25) is 0 Å². The summed E-state index contributed by atoms with van der Waals surface area (Å²) in [6.45, 7) is 3.32. The molecule has 0 aliphatic heterocycles. The Balaban J connectivity index is 2.56. The third-order valence-electron chi connectivity index (χ3n) is 2.42. The Morgan fingerprint density at radius 1 is 1.37 bits per heavy atom. The van der Waals surface area contributed by atoms with Gasteiger partial charge in [-0.2, -0.15) is 13.2 Å². The number of nitrogens with one attached hydrogen (secondary N) is 1. The van der Waals surface area contributed by atoms with Gasteiger partial charge in [0.2, 0.25) is 5.82 Å². The zero-order valence-electron chi connectivity index (χ0n) is 9.53. The summed E-state index contributed by atoms with van der Waals surface area (Å²) < 4.78 is 60.9. The quantitative estimate of drug-likeness (QED) is 0.884. The maximum absolute atomic E-state index is 12.5. The predicted molar refractivity (Wildman–Crippen MR) is 63.3 cm³/mol. The average molecular weight is 290 g/mol. The summed E-state index contributed by atoms with van der Waals surface area (Å²) in [4.78, 5) is 5.36. The highest BCUT2D eigenvalue weighted by molar-refractivity contribution is 7.91. The van der Waals surface area contributed by atoms with E-state index in [4.69, 9.17) is 0 Å². The molecule has 0 fully saturated rings. The number of sulfone groups is 1. The molecule has 0 bridgehead atoms. The number of alkyl halides is 3. The van der Waals surface area contributed by atoms with Gasteiger partial charge >= 0.3 is 6.18 Å². The molecule has 1 aromatic heterocycles. The van der Waals surface area contributed by atoms with Gasteiger partial charge in [0, 0.05) is 0 Å². The van der Waals surface area contributed by atoms with Crippen molar-refractivity contribution >= 4 is 20.9 Å². The Morgan fingerprint density at radius 3 is 2.63 bits per heavy atom. The van der Waals surface area contributed by atoms with Crippen LogP contribution >= 0.6 is 0 Å². The Hall–Kier alpha value is -1.83. The summed E-state index contributed by atoms with van der Waals surface area (Å²) in [5.41, 5.74) is 0.0855. The first-order valence-electron chi connectivity index (χ1n) is 5.14. The van der Waals surface area contributed by atoms with E-state index in [1.165, 1.54) is 18.2 Å². The monoisotopic (exact) mass is 290 g/mol. The fraction of sp³-hybridized carbons (Fsp3) is 0.182. The Kier molecular flexibility index (Phi) is 3.13. The average Bonchev–Trinajstić information content (AvgIpc) is 2.70. The van der Waals surface area contributed by atoms with E-state index in [0.717, 1.165) is 6.07 Å². The van der Waals surface area contributed by atoms with Crippen molar-refractivity contribution in [3.8, 4) is 0 Å². The fourth-order valence-corrected chi connectivity index (χ4v) is 2.63. The van der Waals surface area contributed by atoms with Crippen molar-refractivity contribution in [1.82, 2.24) is 9.97 Å². The van der Waals surface area contributed by atoms with Crippen LogP contribution < -0.4 is 0 Å². The van der Waals surface area contributed by atoms with Crippen LogP contribution in [-0.4, -0.2) is 24.1 Å². The maximum Gasteiger partial charge on any atom is 0.449 e. The van der Waals surface area contributed by atoms with Crippen LogP contribution in [0.4, 0.5) is 13.2 Å². The molecule has 102 valence electrons. The van der Waals surface area contributed by atoms with Crippen molar-refractivity contribution < 1.29 is 21.6 Å². The summed E-state index contributed by atoms with van der Waals surface area (Å²) in [6.07, 6.45) is -3.38. The number of H-pyrrole nitrogens is 1. The van der Waals surface area contributed by atoms with Gasteiger partial charge in [0.1, 0.15) is 0 Å². The summed E-state index contributed by atoms with van der Waals surface area (Å²) in [6, 6.07) is 3.60. The van der Waals surface area contributed by atoms with E-state index in [9.17, 15) is 21.6 Å². The molecule has 0 atom stereocenters. The van der Waals surface area contributed by atoms with Gasteiger partial charge in [-0.25, -0.2) is 13.4 Å². The van der Waals surface area contributed by atoms with Crippen molar-refractivity contribution in [1.29, 1.82) is 0 Å². The molecule has 2 aromatic rings. The molecule has 0 radical (unpaired) electrons. The summed E-state index contributed by atoms with van der Waals surface area (Å²) in [5, 5.41) is 0. The maximum atomic E-state index is 12.5. The molecule has 1 aromatic carbocycles. The number of fused-ring (bicyclic) bond motifs is 1. The minimum atomic E-state index is -4.60. The van der Waals surface area contributed by atoms with Crippen molar-refractivity contribution in [2.75, 3.05) is 5.75 Å². The molecule has 2 rings (SSSR count). The number of rotatable bonds is 3. The van der Waals surface area contributed by atoms with Gasteiger partial charge in [-0.15, -0.1) is 6.58 Å². The molecule has 0 saturated heterocycles. The lowest BCUT2D eigenvalue weighted by Crippen LogP contribution is -2.06. The topological polar surface area (TPSA) is 62.8 Å². The molecule has 1 heterocycles. The SMILES string of the molecule is C=CCS(=O)(=O)c1ccc2[nH]c(C(F)(F)F)nc2c1. The van der Waals surface area contributed by atoms with Crippen LogP contribution in [-0.2, 0) is 16.0 Å². The van der Waals surface area contributed by atoms with Crippen LogP contribution in [0, 0.1) is 0 Å². The van der Waals surface area contributed by atoms with E-state index in [-0.39, 0.29) is 21.7 Å². The van der Waals surface area contributed by atoms with E-state index in [1.54, 1.807) is 0 Å². The van der Waals surface area contributed by atoms with Gasteiger partial charge in [0.25, 0.3) is 0 Å². The van der Waals surface area contributed by atoms with Crippen LogP contribution in [0.5, 0.6) is 0 Å². The first-order valence-corrected chi connectivity index (χ1v) is 6.80. The Labute approximate surface area is 106 Å². The first kappa shape index (κ1) is 13.6. The molecule has 0 aliphatic rings. The zero-order chi connectivity index (χ0) is 14.3. The van der Waals surface area contributed by atoms with Crippen molar-refractivity contribution in [3.05, 3.63) is 36.7 Å². The number of benzene rings is 1. The summed E-state index contributed by atoms with van der Waals surface area (Å²) in [7, 11) is -3.58. The van der Waals surface area contributed by atoms with Crippen molar-refractivity contribution in [2.45, 2.75) is 11.1 Å². The van der Waals surface area contributed by atoms with E-state index in [1.807, 2.05) is 0 Å². The van der Waals surface area contributed by atoms with Gasteiger partial charge in [-0.1, -0.05) is 6.08 Å². The molecule has 0 unspecified atom stereocenters. The number of aromatic amines is 1. The van der Waals surface area contributed by atoms with Gasteiger partial charge in [-0.05, 0) is 18.2 Å². The summed E-state index contributed by atoms with van der Waals surface area (Å²) >= 11 is 0. The molecular weight excluding hydrogens is 281 g/mol. The highest BCUT2D eigenvalue weighted by atomic mass is 32.2. The fourth-order valence-electron chi connectivity index (χ4n) is 1.56. The number of aromatic nitrogens is 2. The van der Waals surface area contributed by atoms with Crippen LogP contribution in [0.1, 0.15) is 5.82 Å². The molecule has 19 heavy (non-hydrogen) atoms. The highest BCUT2D eigenvalue weighted by Crippen LogP contribution is 2.29. The largest absolute Gasteiger partial charge is 0.449 e. The predicted octanol–water partition coefficient (Wildman–Crippen LogP) is 2.54.